The molecular weight excluding hydrogens is 521 g/mol. The van der Waals surface area contributed by atoms with E-state index in [9.17, 15) is 0 Å². The van der Waals surface area contributed by atoms with Gasteiger partial charge in [-0.3, -0.25) is 0 Å². The first-order valence-corrected chi connectivity index (χ1v) is 16.5. The highest BCUT2D eigenvalue weighted by Crippen LogP contribution is 2.48. The molecule has 0 saturated heterocycles. The number of allylic oxidation sites excluding steroid dienone is 3. The molecule has 1 aliphatic carbocycles. The Bertz CT molecular complexity index is 1660. The van der Waals surface area contributed by atoms with E-state index in [2.05, 4.69) is 123 Å². The zero-order valence-corrected chi connectivity index (χ0v) is 25.1. The molecule has 3 aliphatic rings. The second kappa shape index (κ2) is 12.5. The van der Waals surface area contributed by atoms with Crippen LogP contribution in [-0.2, 0) is 11.5 Å². The molecular formula is C38H36S2. The van der Waals surface area contributed by atoms with E-state index in [1.807, 2.05) is 23.5 Å². The number of hydrogen-bond acceptors (Lipinski definition) is 2. The molecule has 0 nitrogen and oxygen atoms in total. The van der Waals surface area contributed by atoms with E-state index in [1.54, 1.807) is 0 Å². The molecule has 0 unspecified atom stereocenters. The van der Waals surface area contributed by atoms with Crippen molar-refractivity contribution in [3.05, 3.63) is 131 Å². The van der Waals surface area contributed by atoms with E-state index in [1.165, 1.54) is 77.6 Å². The van der Waals surface area contributed by atoms with Crippen molar-refractivity contribution in [2.75, 3.05) is 0 Å². The van der Waals surface area contributed by atoms with Crippen LogP contribution < -0.4 is 0 Å². The molecule has 2 heterocycles. The lowest BCUT2D eigenvalue weighted by molar-refractivity contribution is 0.886. The molecule has 2 bridgehead atoms. The highest BCUT2D eigenvalue weighted by atomic mass is 32.2. The maximum absolute atomic E-state index is 2.37. The van der Waals surface area contributed by atoms with E-state index >= 15 is 0 Å². The Balaban J connectivity index is 0.000000680. The summed E-state index contributed by atoms with van der Waals surface area (Å²) in [6, 6.07) is 36.1. The molecule has 0 amide bonds. The van der Waals surface area contributed by atoms with Crippen molar-refractivity contribution in [2.45, 2.75) is 55.9 Å². The molecule has 8 rings (SSSR count). The van der Waals surface area contributed by atoms with E-state index < -0.39 is 0 Å². The Kier molecular flexibility index (Phi) is 8.46. The Hall–Kier alpha value is -3.20. The van der Waals surface area contributed by atoms with Crippen LogP contribution in [0.15, 0.2) is 119 Å². The summed E-state index contributed by atoms with van der Waals surface area (Å²) < 4.78 is 0. The van der Waals surface area contributed by atoms with E-state index in [0.29, 0.717) is 0 Å². The van der Waals surface area contributed by atoms with Crippen molar-refractivity contribution in [1.82, 2.24) is 0 Å². The quantitative estimate of drug-likeness (QED) is 0.188. The number of hydrogen-bond donors (Lipinski definition) is 0. The molecule has 2 aliphatic heterocycles. The lowest BCUT2D eigenvalue weighted by Crippen LogP contribution is -1.99. The summed E-state index contributed by atoms with van der Waals surface area (Å²) in [5.41, 5.74) is 8.50. The highest BCUT2D eigenvalue weighted by Gasteiger charge is 2.22. The van der Waals surface area contributed by atoms with Crippen molar-refractivity contribution in [3.63, 3.8) is 0 Å². The first kappa shape index (κ1) is 27.0. The van der Waals surface area contributed by atoms with Crippen LogP contribution in [-0.4, -0.2) is 0 Å². The van der Waals surface area contributed by atoms with Crippen LogP contribution >= 0.6 is 23.5 Å². The fourth-order valence-corrected chi connectivity index (χ4v) is 7.97. The van der Waals surface area contributed by atoms with Gasteiger partial charge in [-0.15, -0.1) is 23.5 Å². The van der Waals surface area contributed by atoms with Crippen molar-refractivity contribution < 1.29 is 0 Å². The van der Waals surface area contributed by atoms with Gasteiger partial charge in [0.2, 0.25) is 0 Å². The summed E-state index contributed by atoms with van der Waals surface area (Å²) in [4.78, 5) is 2.77. The summed E-state index contributed by atoms with van der Waals surface area (Å²) in [5.74, 6) is 1.97. The second-order valence-electron chi connectivity index (χ2n) is 10.5. The molecule has 0 fully saturated rings. The minimum atomic E-state index is 0.976. The first-order valence-electron chi connectivity index (χ1n) is 14.6. The van der Waals surface area contributed by atoms with Crippen LogP contribution in [0.2, 0.25) is 0 Å². The molecule has 0 aromatic heterocycles. The van der Waals surface area contributed by atoms with Gasteiger partial charge in [-0.05, 0) is 73.8 Å². The van der Waals surface area contributed by atoms with Gasteiger partial charge in [-0.2, -0.15) is 0 Å². The average molecular weight is 557 g/mol. The smallest absolute Gasteiger partial charge is 0.0235 e. The number of thioether (sulfide) groups is 2. The van der Waals surface area contributed by atoms with Gasteiger partial charge in [0.1, 0.15) is 0 Å². The largest absolute Gasteiger partial charge is 0.121 e. The summed E-state index contributed by atoms with van der Waals surface area (Å²) in [5, 5.41) is 5.44. The molecule has 0 atom stereocenters. The molecule has 0 spiro atoms. The number of rotatable bonds is 1. The fourth-order valence-electron chi connectivity index (χ4n) is 5.72. The topological polar surface area (TPSA) is 0 Å². The second-order valence-corrected chi connectivity index (χ2v) is 12.5. The summed E-state index contributed by atoms with van der Waals surface area (Å²) in [6.07, 6.45) is 9.55. The van der Waals surface area contributed by atoms with E-state index in [0.717, 1.165) is 24.3 Å². The van der Waals surface area contributed by atoms with Crippen LogP contribution in [0.25, 0.3) is 38.2 Å². The van der Waals surface area contributed by atoms with Crippen molar-refractivity contribution in [3.8, 4) is 11.1 Å². The van der Waals surface area contributed by atoms with Gasteiger partial charge in [0.05, 0.1) is 0 Å². The molecule has 0 saturated carbocycles. The van der Waals surface area contributed by atoms with Gasteiger partial charge in [-0.1, -0.05) is 130 Å². The van der Waals surface area contributed by atoms with Gasteiger partial charge < -0.3 is 0 Å². The predicted octanol–water partition coefficient (Wildman–Crippen LogP) is 12.1. The molecule has 5 aromatic rings. The maximum atomic E-state index is 2.37. The summed E-state index contributed by atoms with van der Waals surface area (Å²) in [7, 11) is 0. The molecule has 5 aromatic carbocycles. The van der Waals surface area contributed by atoms with Gasteiger partial charge >= 0.3 is 0 Å². The predicted molar refractivity (Wildman–Crippen MR) is 180 cm³/mol. The zero-order valence-electron chi connectivity index (χ0n) is 23.5. The highest BCUT2D eigenvalue weighted by molar-refractivity contribution is 8.02. The molecule has 200 valence electrons. The van der Waals surface area contributed by atoms with Gasteiger partial charge in [0.15, 0.2) is 0 Å². The van der Waals surface area contributed by atoms with Crippen LogP contribution in [0.5, 0.6) is 0 Å². The number of unbranched alkanes of at least 4 members (excludes halogenated alkanes) is 1. The van der Waals surface area contributed by atoms with Gasteiger partial charge in [-0.25, -0.2) is 0 Å². The van der Waals surface area contributed by atoms with Crippen LogP contribution in [0.4, 0.5) is 0 Å². The standard InChI is InChI=1S/C34H26S2.C4H10/c1-2-12-24-22-36-32-20-10-8-18-30(32)34-27-15-5-3-13-25(27)33(26-14-4-6-16-28(26)34)29-17-7-9-19-31(29)35-21-23(24)11-1;1-3-4-2/h1-7,9-17,19-20H,8,18,21-22H2;3-4H2,1-2H3. The number of benzene rings is 5. The third-order valence-electron chi connectivity index (χ3n) is 7.90. The van der Waals surface area contributed by atoms with Crippen LogP contribution in [0, 0.1) is 0 Å². The normalized spacial score (nSPS) is 14.7. The molecule has 2 heteroatoms. The maximum Gasteiger partial charge on any atom is 0.0235 e. The van der Waals surface area contributed by atoms with Crippen molar-refractivity contribution >= 4 is 50.6 Å². The third-order valence-corrected chi connectivity index (χ3v) is 10.2. The van der Waals surface area contributed by atoms with Crippen molar-refractivity contribution in [2.24, 2.45) is 0 Å². The third kappa shape index (κ3) is 5.28. The monoisotopic (exact) mass is 556 g/mol. The van der Waals surface area contributed by atoms with Crippen LogP contribution in [0.3, 0.4) is 0 Å². The fraction of sp³-hybridized carbons (Fsp3) is 0.211. The molecule has 0 radical (unpaired) electrons. The minimum Gasteiger partial charge on any atom is -0.121 e. The van der Waals surface area contributed by atoms with E-state index in [4.69, 9.17) is 0 Å². The van der Waals surface area contributed by atoms with E-state index in [-0.39, 0.29) is 0 Å². The van der Waals surface area contributed by atoms with Crippen LogP contribution in [0.1, 0.15) is 56.2 Å². The molecule has 0 N–H and O–H groups in total. The Morgan fingerprint density at radius 1 is 0.575 bits per heavy atom. The Labute approximate surface area is 247 Å². The lowest BCUT2D eigenvalue weighted by atomic mass is 9.84. The van der Waals surface area contributed by atoms with Gasteiger partial charge in [0, 0.05) is 21.3 Å². The Morgan fingerprint density at radius 3 is 1.73 bits per heavy atom. The lowest BCUT2D eigenvalue weighted by Gasteiger charge is -2.24. The van der Waals surface area contributed by atoms with Crippen molar-refractivity contribution in [1.29, 1.82) is 0 Å². The minimum absolute atomic E-state index is 0.976. The molecule has 40 heavy (non-hydrogen) atoms. The Morgan fingerprint density at radius 2 is 1.10 bits per heavy atom. The average Bonchev–Trinajstić information content (AvgIpc) is 3.02. The van der Waals surface area contributed by atoms with Gasteiger partial charge in [0.25, 0.3) is 0 Å². The SMILES string of the molecule is C1=CC2=C(CC1)c1c3ccccc3c(c3ccccc13)-c1ccccc1SCc1ccccc1CS2.CCCC. The zero-order chi connectivity index (χ0) is 27.3. The first-order chi connectivity index (χ1) is 19.8. The summed E-state index contributed by atoms with van der Waals surface area (Å²) >= 11 is 3.96. The number of fused-ring (bicyclic) bond motifs is 2. The summed E-state index contributed by atoms with van der Waals surface area (Å²) in [6.45, 7) is 4.36.